The first kappa shape index (κ1) is 22.3. The molecule has 0 saturated carbocycles. The molecule has 0 unspecified atom stereocenters. The van der Waals surface area contributed by atoms with E-state index in [4.69, 9.17) is 11.8 Å². The largest absolute Gasteiger partial charge is 0.311 e. The second-order valence-corrected chi connectivity index (χ2v) is 8.31. The maximum absolute atomic E-state index is 9.35. The van der Waals surface area contributed by atoms with Crippen LogP contribution in [0, 0.1) is 29.2 Å². The monoisotopic (exact) mass is 454 g/mol. The Balaban J connectivity index is 1.58. The highest BCUT2D eigenvalue weighted by Gasteiger charge is 2.12. The number of hydrogen-bond donors (Lipinski definition) is 0. The van der Waals surface area contributed by atoms with E-state index in [1.54, 1.807) is 12.1 Å². The summed E-state index contributed by atoms with van der Waals surface area (Å²) in [6.07, 6.45) is 3.97. The van der Waals surface area contributed by atoms with Gasteiger partial charge in [-0.25, -0.2) is 10.1 Å². The minimum absolute atomic E-state index is 0.119. The lowest BCUT2D eigenvalue weighted by molar-refractivity contribution is 1.28. The summed E-state index contributed by atoms with van der Waals surface area (Å²) in [5, 5.41) is 18.4. The number of hydrogen-bond acceptors (Lipinski definition) is 4. The van der Waals surface area contributed by atoms with Crippen molar-refractivity contribution in [1.82, 2.24) is 0 Å². The van der Waals surface area contributed by atoms with Crippen LogP contribution in [0.3, 0.4) is 0 Å². The zero-order valence-electron chi connectivity index (χ0n) is 18.1. The van der Waals surface area contributed by atoms with E-state index in [0.717, 1.165) is 27.5 Å². The van der Waals surface area contributed by atoms with Crippen LogP contribution < -0.4 is 4.90 Å². The van der Waals surface area contributed by atoms with Crippen LogP contribution in [0.1, 0.15) is 15.3 Å². The predicted octanol–water partition coefficient (Wildman–Crippen LogP) is 8.07. The molecule has 1 aromatic heterocycles. The van der Waals surface area contributed by atoms with Gasteiger partial charge < -0.3 is 4.90 Å². The molecule has 0 amide bonds. The van der Waals surface area contributed by atoms with Gasteiger partial charge in [0.15, 0.2) is 0 Å². The Kier molecular flexibility index (Phi) is 6.97. The Morgan fingerprint density at radius 2 is 1.32 bits per heavy atom. The van der Waals surface area contributed by atoms with E-state index in [2.05, 4.69) is 58.3 Å². The topological polar surface area (TPSA) is 55.2 Å². The van der Waals surface area contributed by atoms with Crippen LogP contribution in [-0.4, -0.2) is 0 Å². The number of para-hydroxylation sites is 2. The fourth-order valence-corrected chi connectivity index (χ4v) is 4.36. The molecule has 0 saturated heterocycles. The molecule has 0 aliphatic rings. The molecule has 3 aromatic carbocycles. The van der Waals surface area contributed by atoms with Gasteiger partial charge in [0, 0.05) is 26.8 Å². The van der Waals surface area contributed by atoms with E-state index in [-0.39, 0.29) is 11.3 Å². The van der Waals surface area contributed by atoms with Crippen molar-refractivity contribution >= 4 is 46.1 Å². The van der Waals surface area contributed by atoms with Crippen LogP contribution in [0.5, 0.6) is 0 Å². The molecular formula is C29H18N4S. The Labute approximate surface area is 203 Å². The second-order valence-electron chi connectivity index (χ2n) is 7.19. The van der Waals surface area contributed by atoms with Gasteiger partial charge in [0.25, 0.3) is 5.70 Å². The van der Waals surface area contributed by atoms with Gasteiger partial charge in [-0.15, -0.1) is 11.3 Å². The summed E-state index contributed by atoms with van der Waals surface area (Å²) in [4.78, 5) is 6.91. The van der Waals surface area contributed by atoms with E-state index in [9.17, 15) is 5.26 Å². The first-order valence-corrected chi connectivity index (χ1v) is 11.3. The van der Waals surface area contributed by atoms with Crippen molar-refractivity contribution in [3.05, 3.63) is 129 Å². The number of allylic oxidation sites excluding steroid dienone is 2. The summed E-state index contributed by atoms with van der Waals surface area (Å²) in [6.45, 7) is 7.08. The Bertz CT molecular complexity index is 1400. The first-order valence-electron chi connectivity index (χ1n) is 10.4. The van der Waals surface area contributed by atoms with E-state index < -0.39 is 0 Å². The zero-order chi connectivity index (χ0) is 23.8. The Morgan fingerprint density at radius 1 is 0.735 bits per heavy atom. The fraction of sp³-hybridized carbons (Fsp3) is 0. The minimum Gasteiger partial charge on any atom is -0.311 e. The lowest BCUT2D eigenvalue weighted by Gasteiger charge is -2.25. The van der Waals surface area contributed by atoms with E-state index >= 15 is 0 Å². The predicted molar refractivity (Wildman–Crippen MR) is 139 cm³/mol. The Hall–Kier alpha value is -4.89. The van der Waals surface area contributed by atoms with Crippen molar-refractivity contribution in [3.63, 3.8) is 0 Å². The summed E-state index contributed by atoms with van der Waals surface area (Å²) in [7, 11) is 0. The molecule has 0 aliphatic carbocycles. The maximum Gasteiger partial charge on any atom is 0.280 e. The quantitative estimate of drug-likeness (QED) is 0.219. The normalized spacial score (nSPS) is 11.2. The number of nitriles is 2. The van der Waals surface area contributed by atoms with Gasteiger partial charge in [-0.3, -0.25) is 0 Å². The average Bonchev–Trinajstić information content (AvgIpc) is 3.37. The van der Waals surface area contributed by atoms with Gasteiger partial charge in [0.1, 0.15) is 0 Å². The maximum atomic E-state index is 9.35. The number of nitrogens with zero attached hydrogens (tertiary/aromatic N) is 4. The standard InChI is InChI=1S/C29H18N4S/c1-32-28(21-31)27(20-30)29-19-18-26(34-29)17-14-22-12-15-25(16-13-22)33(23-8-4-2-5-9-23)24-10-6-3-7-11-24/h2-19H/b17-14+,28-27-. The third kappa shape index (κ3) is 4.95. The summed E-state index contributed by atoms with van der Waals surface area (Å²) >= 11 is 1.38. The molecule has 0 bridgehead atoms. The van der Waals surface area contributed by atoms with Gasteiger partial charge in [-0.05, 0) is 60.2 Å². The fourth-order valence-electron chi connectivity index (χ4n) is 3.45. The first-order chi connectivity index (χ1) is 16.7. The average molecular weight is 455 g/mol. The third-order valence-corrected chi connectivity index (χ3v) is 6.13. The van der Waals surface area contributed by atoms with Gasteiger partial charge >= 0.3 is 0 Å². The van der Waals surface area contributed by atoms with Gasteiger partial charge in [-0.1, -0.05) is 54.6 Å². The van der Waals surface area contributed by atoms with E-state index in [1.165, 1.54) is 11.3 Å². The zero-order valence-corrected chi connectivity index (χ0v) is 18.9. The van der Waals surface area contributed by atoms with Crippen molar-refractivity contribution in [2.45, 2.75) is 0 Å². The molecular weight excluding hydrogens is 436 g/mol. The molecule has 0 aliphatic heterocycles. The SMILES string of the molecule is [C-]#[N+]/C(C#N)=C(/C#N)c1ccc(/C=C/c2ccc(N(c3ccccc3)c3ccccc3)cc2)s1. The Morgan fingerprint density at radius 3 is 1.85 bits per heavy atom. The molecule has 1 heterocycles. The van der Waals surface area contributed by atoms with Gasteiger partial charge in [-0.2, -0.15) is 5.26 Å². The summed E-state index contributed by atoms with van der Waals surface area (Å²) in [6, 6.07) is 36.2. The van der Waals surface area contributed by atoms with Crippen molar-refractivity contribution in [2.24, 2.45) is 0 Å². The molecule has 4 aromatic rings. The molecule has 0 N–H and O–H groups in total. The molecule has 5 heteroatoms. The number of thiophene rings is 1. The minimum atomic E-state index is -0.183. The molecule has 0 radical (unpaired) electrons. The van der Waals surface area contributed by atoms with Crippen molar-refractivity contribution in [3.8, 4) is 12.1 Å². The van der Waals surface area contributed by atoms with Gasteiger partial charge in [0.05, 0.1) is 24.3 Å². The van der Waals surface area contributed by atoms with Crippen LogP contribution in [0.2, 0.25) is 0 Å². The van der Waals surface area contributed by atoms with E-state index in [0.29, 0.717) is 4.88 Å². The summed E-state index contributed by atoms with van der Waals surface area (Å²) in [5.41, 5.74) is 4.20. The highest BCUT2D eigenvalue weighted by molar-refractivity contribution is 7.14. The van der Waals surface area contributed by atoms with Crippen LogP contribution in [0.15, 0.2) is 103 Å². The lowest BCUT2D eigenvalue weighted by Crippen LogP contribution is -2.09. The van der Waals surface area contributed by atoms with Crippen LogP contribution in [0.25, 0.3) is 22.6 Å². The lowest BCUT2D eigenvalue weighted by atomic mass is 10.1. The molecule has 0 atom stereocenters. The van der Waals surface area contributed by atoms with Crippen molar-refractivity contribution in [2.75, 3.05) is 4.90 Å². The van der Waals surface area contributed by atoms with Gasteiger partial charge in [0.2, 0.25) is 0 Å². The number of anilines is 3. The number of rotatable bonds is 6. The number of benzene rings is 3. The highest BCUT2D eigenvalue weighted by Crippen LogP contribution is 2.34. The molecule has 4 nitrogen and oxygen atoms in total. The van der Waals surface area contributed by atoms with Crippen LogP contribution in [-0.2, 0) is 0 Å². The smallest absolute Gasteiger partial charge is 0.280 e. The van der Waals surface area contributed by atoms with Crippen LogP contribution >= 0.6 is 11.3 Å². The van der Waals surface area contributed by atoms with E-state index in [1.807, 2.05) is 60.7 Å². The van der Waals surface area contributed by atoms with Crippen molar-refractivity contribution in [1.29, 1.82) is 10.5 Å². The highest BCUT2D eigenvalue weighted by atomic mass is 32.1. The molecule has 0 fully saturated rings. The molecule has 34 heavy (non-hydrogen) atoms. The summed E-state index contributed by atoms with van der Waals surface area (Å²) < 4.78 is 0. The third-order valence-electron chi connectivity index (χ3n) is 5.06. The van der Waals surface area contributed by atoms with Crippen molar-refractivity contribution < 1.29 is 0 Å². The molecule has 4 rings (SSSR count). The second kappa shape index (κ2) is 10.6. The van der Waals surface area contributed by atoms with Crippen LogP contribution in [0.4, 0.5) is 17.1 Å². The molecule has 160 valence electrons. The summed E-state index contributed by atoms with van der Waals surface area (Å²) in [5.74, 6) is 0. The molecule has 0 spiro atoms.